The number of hydrogen-bond donors (Lipinski definition) is 1. The number of nitriles is 1. The third-order valence-corrected chi connectivity index (χ3v) is 7.71. The fraction of sp³-hybridized carbons (Fsp3) is 0.300. The van der Waals surface area contributed by atoms with Crippen LogP contribution in [0.25, 0.3) is 0 Å². The van der Waals surface area contributed by atoms with E-state index in [4.69, 9.17) is 23.2 Å². The lowest BCUT2D eigenvalue weighted by molar-refractivity contribution is 0.102. The summed E-state index contributed by atoms with van der Waals surface area (Å²) in [5.41, 5.74) is 2.35. The van der Waals surface area contributed by atoms with Crippen LogP contribution in [0.4, 0.5) is 11.4 Å². The van der Waals surface area contributed by atoms with Gasteiger partial charge >= 0.3 is 0 Å². The van der Waals surface area contributed by atoms with Crippen LogP contribution in [-0.4, -0.2) is 26.6 Å². The minimum atomic E-state index is -3.42. The van der Waals surface area contributed by atoms with Gasteiger partial charge in [-0.2, -0.15) is 5.26 Å². The molecule has 2 aliphatic rings. The number of benzene rings is 2. The molecule has 4 rings (SSSR count). The Morgan fingerprint density at radius 3 is 2.55 bits per heavy atom. The topological polar surface area (TPSA) is 90.3 Å². The number of amides is 1. The van der Waals surface area contributed by atoms with Crippen LogP contribution in [0, 0.1) is 11.3 Å². The van der Waals surface area contributed by atoms with Crippen molar-refractivity contribution < 1.29 is 13.2 Å². The quantitative estimate of drug-likeness (QED) is 0.741. The van der Waals surface area contributed by atoms with Gasteiger partial charge in [0.05, 0.1) is 38.7 Å². The van der Waals surface area contributed by atoms with Gasteiger partial charge in [-0.05, 0) is 61.1 Å². The highest BCUT2D eigenvalue weighted by Crippen LogP contribution is 2.41. The van der Waals surface area contributed by atoms with Crippen LogP contribution in [0.15, 0.2) is 30.3 Å². The number of halogens is 2. The van der Waals surface area contributed by atoms with Gasteiger partial charge < -0.3 is 5.32 Å². The first kappa shape index (κ1) is 20.0. The summed E-state index contributed by atoms with van der Waals surface area (Å²) in [6, 6.07) is 10.3. The van der Waals surface area contributed by atoms with Crippen LogP contribution in [0.3, 0.4) is 0 Å². The number of carbonyl (C=O) groups is 1. The second-order valence-corrected chi connectivity index (χ2v) is 10.0. The van der Waals surface area contributed by atoms with Gasteiger partial charge in [-0.3, -0.25) is 9.10 Å². The van der Waals surface area contributed by atoms with Crippen molar-refractivity contribution in [2.75, 3.05) is 21.9 Å². The molecule has 1 N–H and O–H groups in total. The van der Waals surface area contributed by atoms with Crippen LogP contribution in [-0.2, 0) is 10.0 Å². The molecule has 2 aromatic rings. The van der Waals surface area contributed by atoms with E-state index in [1.165, 1.54) is 16.4 Å². The molecule has 1 saturated carbocycles. The molecule has 1 aliphatic heterocycles. The highest BCUT2D eigenvalue weighted by Gasteiger charge is 2.30. The standard InChI is InChI=1S/C20H17Cl2N3O3S/c21-18-10-16(25-4-1-5-29(25,27)28)9-17(19(18)22)20(26)24-15-7-12(11-23)6-14(8-15)13-2-3-13/h6-10,13H,1-5H2,(H,24,26). The molecule has 0 radical (unpaired) electrons. The summed E-state index contributed by atoms with van der Waals surface area (Å²) in [6.07, 6.45) is 2.64. The van der Waals surface area contributed by atoms with E-state index >= 15 is 0 Å². The monoisotopic (exact) mass is 449 g/mol. The second-order valence-electron chi connectivity index (χ2n) is 7.21. The van der Waals surface area contributed by atoms with Crippen molar-refractivity contribution in [3.8, 4) is 6.07 Å². The van der Waals surface area contributed by atoms with Gasteiger partial charge in [0, 0.05) is 12.2 Å². The molecule has 2 fully saturated rings. The Hall–Kier alpha value is -2.27. The Morgan fingerprint density at radius 2 is 1.93 bits per heavy atom. The van der Waals surface area contributed by atoms with Gasteiger partial charge in [0.1, 0.15) is 0 Å². The van der Waals surface area contributed by atoms with Gasteiger partial charge in [-0.1, -0.05) is 23.2 Å². The summed E-state index contributed by atoms with van der Waals surface area (Å²) < 4.78 is 25.7. The minimum Gasteiger partial charge on any atom is -0.322 e. The van der Waals surface area contributed by atoms with Crippen LogP contribution in [0.5, 0.6) is 0 Å². The zero-order chi connectivity index (χ0) is 20.8. The van der Waals surface area contributed by atoms with Crippen molar-refractivity contribution in [2.45, 2.75) is 25.2 Å². The number of rotatable bonds is 4. The summed E-state index contributed by atoms with van der Waals surface area (Å²) in [4.78, 5) is 12.9. The molecule has 1 saturated heterocycles. The average Bonchev–Trinajstić information content (AvgIpc) is 3.46. The first-order valence-electron chi connectivity index (χ1n) is 9.14. The van der Waals surface area contributed by atoms with E-state index in [9.17, 15) is 18.5 Å². The van der Waals surface area contributed by atoms with E-state index in [1.807, 2.05) is 12.1 Å². The van der Waals surface area contributed by atoms with Crippen molar-refractivity contribution in [2.24, 2.45) is 0 Å². The van der Waals surface area contributed by atoms with Crippen molar-refractivity contribution in [3.63, 3.8) is 0 Å². The normalized spacial score (nSPS) is 17.8. The lowest BCUT2D eigenvalue weighted by Crippen LogP contribution is -2.25. The summed E-state index contributed by atoms with van der Waals surface area (Å²) >= 11 is 12.4. The number of sulfonamides is 1. The maximum atomic E-state index is 12.9. The summed E-state index contributed by atoms with van der Waals surface area (Å²) in [5.74, 6) is -0.0486. The van der Waals surface area contributed by atoms with Crippen molar-refractivity contribution >= 4 is 50.5 Å². The third kappa shape index (κ3) is 4.06. The second kappa shape index (κ2) is 7.52. The molecule has 0 atom stereocenters. The first-order chi connectivity index (χ1) is 13.8. The van der Waals surface area contributed by atoms with Gasteiger partial charge in [0.15, 0.2) is 0 Å². The van der Waals surface area contributed by atoms with Crippen LogP contribution < -0.4 is 9.62 Å². The molecule has 9 heteroatoms. The summed E-state index contributed by atoms with van der Waals surface area (Å²) in [7, 11) is -3.42. The minimum absolute atomic E-state index is 0.0448. The van der Waals surface area contributed by atoms with Crippen LogP contribution in [0.2, 0.25) is 10.0 Å². The zero-order valence-electron chi connectivity index (χ0n) is 15.3. The number of nitrogens with zero attached hydrogens (tertiary/aromatic N) is 2. The van der Waals surface area contributed by atoms with Gasteiger partial charge in [0.25, 0.3) is 5.91 Å². The Labute approximate surface area is 179 Å². The van der Waals surface area contributed by atoms with Crippen molar-refractivity contribution in [3.05, 3.63) is 57.1 Å². The molecule has 0 aromatic heterocycles. The molecule has 0 bridgehead atoms. The first-order valence-corrected chi connectivity index (χ1v) is 11.5. The Morgan fingerprint density at radius 1 is 1.17 bits per heavy atom. The fourth-order valence-corrected chi connectivity index (χ4v) is 5.41. The van der Waals surface area contributed by atoms with Crippen LogP contribution in [0.1, 0.15) is 46.7 Å². The lowest BCUT2D eigenvalue weighted by Gasteiger charge is -2.19. The van der Waals surface area contributed by atoms with Gasteiger partial charge in [0.2, 0.25) is 10.0 Å². The Kier molecular flexibility index (Phi) is 5.19. The predicted molar refractivity (Wildman–Crippen MR) is 113 cm³/mol. The lowest BCUT2D eigenvalue weighted by atomic mass is 10.1. The fourth-order valence-electron chi connectivity index (χ4n) is 3.45. The highest BCUT2D eigenvalue weighted by atomic mass is 35.5. The van der Waals surface area contributed by atoms with E-state index in [0.717, 1.165) is 18.4 Å². The molecule has 2 aromatic carbocycles. The molecule has 1 heterocycles. The highest BCUT2D eigenvalue weighted by molar-refractivity contribution is 7.93. The average molecular weight is 450 g/mol. The molecular formula is C20H17Cl2N3O3S. The summed E-state index contributed by atoms with van der Waals surface area (Å²) in [6.45, 7) is 0.330. The maximum absolute atomic E-state index is 12.9. The molecule has 29 heavy (non-hydrogen) atoms. The molecular weight excluding hydrogens is 433 g/mol. The van der Waals surface area contributed by atoms with Gasteiger partial charge in [-0.25, -0.2) is 8.42 Å². The predicted octanol–water partition coefficient (Wildman–Crippen LogP) is 4.53. The molecule has 1 amide bonds. The number of carbonyl (C=O) groups excluding carboxylic acids is 1. The number of anilines is 2. The van der Waals surface area contributed by atoms with Gasteiger partial charge in [-0.15, -0.1) is 0 Å². The molecule has 6 nitrogen and oxygen atoms in total. The largest absolute Gasteiger partial charge is 0.322 e. The molecule has 1 aliphatic carbocycles. The van der Waals surface area contributed by atoms with Crippen LogP contribution >= 0.6 is 23.2 Å². The van der Waals surface area contributed by atoms with E-state index < -0.39 is 15.9 Å². The Bertz CT molecular complexity index is 1150. The number of nitrogens with one attached hydrogen (secondary N) is 1. The Balaban J connectivity index is 1.67. The summed E-state index contributed by atoms with van der Waals surface area (Å²) in [5, 5.41) is 12.2. The van der Waals surface area contributed by atoms with E-state index in [1.54, 1.807) is 6.07 Å². The van der Waals surface area contributed by atoms with E-state index in [0.29, 0.717) is 35.8 Å². The molecule has 0 unspecified atom stereocenters. The van der Waals surface area contributed by atoms with E-state index in [-0.39, 0.29) is 21.4 Å². The van der Waals surface area contributed by atoms with Crippen molar-refractivity contribution in [1.29, 1.82) is 5.26 Å². The zero-order valence-corrected chi connectivity index (χ0v) is 17.6. The maximum Gasteiger partial charge on any atom is 0.257 e. The number of hydrogen-bond acceptors (Lipinski definition) is 4. The smallest absolute Gasteiger partial charge is 0.257 e. The van der Waals surface area contributed by atoms with E-state index in [2.05, 4.69) is 11.4 Å². The third-order valence-electron chi connectivity index (χ3n) is 5.04. The molecule has 150 valence electrons. The van der Waals surface area contributed by atoms with Crippen molar-refractivity contribution in [1.82, 2.24) is 0 Å². The SMILES string of the molecule is N#Cc1cc(NC(=O)c2cc(N3CCCS3(=O)=O)cc(Cl)c2Cl)cc(C2CC2)c1. The molecule has 0 spiro atoms.